The molecule has 0 atom stereocenters. The molecule has 0 spiro atoms. The van der Waals surface area contributed by atoms with Crippen molar-refractivity contribution >= 4 is 53.4 Å². The van der Waals surface area contributed by atoms with Crippen molar-refractivity contribution in [3.05, 3.63) is 184 Å². The van der Waals surface area contributed by atoms with Crippen molar-refractivity contribution in [2.24, 2.45) is 0 Å². The van der Waals surface area contributed by atoms with Crippen LogP contribution in [0, 0.1) is 0 Å². The number of nitrogens with two attached hydrogens (primary N) is 1. The summed E-state index contributed by atoms with van der Waals surface area (Å²) in [5.41, 5.74) is 12.4. The number of benzene rings is 5. The highest BCUT2D eigenvalue weighted by Gasteiger charge is 2.48. The van der Waals surface area contributed by atoms with E-state index in [1.54, 1.807) is 121 Å². The molecular formula is C64H60N6O16. The number of hydrogen-bond acceptors (Lipinski definition) is 14. The molecule has 0 radical (unpaired) electrons. The van der Waals surface area contributed by atoms with Crippen molar-refractivity contribution in [3.8, 4) is 44.5 Å². The Morgan fingerprint density at radius 1 is 0.360 bits per heavy atom. The number of nitrogen functional groups attached to an aromatic ring is 1. The van der Waals surface area contributed by atoms with E-state index < -0.39 is 110 Å². The smallest absolute Gasteiger partial charge is 0.317 e. The number of aliphatic carboxylic acids is 8. The number of fused-ring (bicyclic) bond motifs is 6. The summed E-state index contributed by atoms with van der Waals surface area (Å²) in [6.07, 6.45) is -1.77. The Kier molecular flexibility index (Phi) is 17.8. The van der Waals surface area contributed by atoms with Crippen LogP contribution in [0.4, 0.5) is 5.69 Å². The van der Waals surface area contributed by atoms with Gasteiger partial charge in [0.2, 0.25) is 0 Å². The maximum absolute atomic E-state index is 12.7. The lowest BCUT2D eigenvalue weighted by Gasteiger charge is -2.29. The first kappa shape index (κ1) is 60.4. The molecule has 86 heavy (non-hydrogen) atoms. The van der Waals surface area contributed by atoms with Gasteiger partial charge in [-0.25, -0.2) is 0 Å². The van der Waals surface area contributed by atoms with Gasteiger partial charge in [0.05, 0.1) is 74.6 Å². The Bertz CT molecular complexity index is 3560. The van der Waals surface area contributed by atoms with Crippen molar-refractivity contribution < 1.29 is 79.2 Å². The van der Waals surface area contributed by atoms with Crippen LogP contribution in [0.25, 0.3) is 44.5 Å². The van der Waals surface area contributed by atoms with Crippen molar-refractivity contribution in [2.75, 3.05) is 38.5 Å². The third-order valence-corrected chi connectivity index (χ3v) is 15.6. The van der Waals surface area contributed by atoms with Gasteiger partial charge in [0.25, 0.3) is 0 Å². The Morgan fingerprint density at radius 2 is 0.686 bits per heavy atom. The Balaban J connectivity index is 1.19. The summed E-state index contributed by atoms with van der Waals surface area (Å²) in [6, 6.07) is 38.8. The second kappa shape index (κ2) is 25.4. The minimum absolute atomic E-state index is 0.0292. The lowest BCUT2D eigenvalue weighted by Crippen LogP contribution is -2.34. The third-order valence-electron chi connectivity index (χ3n) is 15.6. The first-order valence-electron chi connectivity index (χ1n) is 27.2. The lowest BCUT2D eigenvalue weighted by atomic mass is 9.72. The van der Waals surface area contributed by atoms with Crippen molar-refractivity contribution in [2.45, 2.75) is 69.1 Å². The number of carbonyl (C=O) groups is 8. The normalized spacial score (nSPS) is 13.2. The van der Waals surface area contributed by atoms with Crippen LogP contribution in [-0.2, 0) is 81.8 Å². The number of pyridine rings is 2. The monoisotopic (exact) mass is 1170 g/mol. The second-order valence-electron chi connectivity index (χ2n) is 21.8. The molecule has 5 aromatic carbocycles. The van der Waals surface area contributed by atoms with E-state index in [4.69, 9.17) is 15.7 Å². The fourth-order valence-corrected chi connectivity index (χ4v) is 12.3. The highest BCUT2D eigenvalue weighted by Crippen LogP contribution is 2.55. The summed E-state index contributed by atoms with van der Waals surface area (Å²) in [5, 5.41) is 80.8. The van der Waals surface area contributed by atoms with Crippen LogP contribution in [0.5, 0.6) is 0 Å². The van der Waals surface area contributed by atoms with Crippen molar-refractivity contribution in [1.82, 2.24) is 24.7 Å². The van der Waals surface area contributed by atoms with Crippen molar-refractivity contribution in [1.29, 1.82) is 0 Å². The average molecular weight is 1170 g/mol. The molecule has 0 fully saturated rings. The van der Waals surface area contributed by atoms with Gasteiger partial charge in [-0.2, -0.15) is 0 Å². The van der Waals surface area contributed by atoms with Crippen LogP contribution in [0.3, 0.4) is 0 Å². The minimum Gasteiger partial charge on any atom is -0.481 e. The zero-order valence-corrected chi connectivity index (χ0v) is 46.3. The van der Waals surface area contributed by atoms with Crippen LogP contribution in [0.1, 0.15) is 76.3 Å². The number of anilines is 1. The number of carboxylic acids is 8. The van der Waals surface area contributed by atoms with E-state index in [1.807, 2.05) is 17.0 Å². The van der Waals surface area contributed by atoms with E-state index in [0.717, 1.165) is 5.56 Å². The Labute approximate surface area is 491 Å². The predicted molar refractivity (Wildman–Crippen MR) is 311 cm³/mol. The molecule has 0 saturated carbocycles. The standard InChI is InChI=1S/C64H60N6O16/c65-42-13-9-37(10-14-42)17-18-68(29-43-19-40(21-45(66-43)31-69(33-59(79)80)34-60(81)82)38-11-15-49-47-5-1-3-7-51(47)63(25-55(71)72,26-56(73)74)53(49)23-38)30-44-20-41(22-46(67-44)32-70(35-61(83)84)36-62(85)86)39-12-16-50-48-6-2-4-8-52(48)64(27-57(75)76,28-58(77)78)54(50)24-39/h1-16,19-24H,17-18,25-36,65H2,(H,71,72)(H,73,74)(H,75,76)(H,77,78)(H,79,80)(H,81,82)(H,83,84)(H,85,86). The van der Waals surface area contributed by atoms with E-state index in [1.165, 1.54) is 9.80 Å². The largest absolute Gasteiger partial charge is 0.481 e. The molecule has 2 heterocycles. The van der Waals surface area contributed by atoms with Crippen molar-refractivity contribution in [3.63, 3.8) is 0 Å². The van der Waals surface area contributed by atoms with Gasteiger partial charge in [0.15, 0.2) is 0 Å². The number of carboxylic acid groups (broad SMARTS) is 8. The van der Waals surface area contributed by atoms with Crippen LogP contribution >= 0.6 is 0 Å². The predicted octanol–water partition coefficient (Wildman–Crippen LogP) is 7.01. The lowest BCUT2D eigenvalue weighted by molar-refractivity contribution is -0.144. The molecule has 2 aliphatic rings. The van der Waals surface area contributed by atoms with Crippen LogP contribution < -0.4 is 5.73 Å². The summed E-state index contributed by atoms with van der Waals surface area (Å²) in [7, 11) is 0. The molecule has 0 unspecified atom stereocenters. The van der Waals surface area contributed by atoms with Gasteiger partial charge in [-0.1, -0.05) is 84.9 Å². The van der Waals surface area contributed by atoms with Crippen LogP contribution in [-0.4, -0.2) is 146 Å². The SMILES string of the molecule is Nc1ccc(CCN(Cc2cc(-c3ccc4c(c3)C(CC(=O)O)(CC(=O)O)c3ccccc3-4)cc(CN(CC(=O)O)CC(=O)O)n2)Cc2cc(-c3ccc4c(c3)C(CC(=O)O)(CC(=O)O)c3ccccc3-4)cc(CN(CC(=O)O)CC(=O)O)n2)cc1. The second-order valence-corrected chi connectivity index (χ2v) is 21.8. The zero-order valence-electron chi connectivity index (χ0n) is 46.3. The zero-order chi connectivity index (χ0) is 61.6. The fraction of sp³-hybridized carbons (Fsp3) is 0.250. The molecule has 7 aromatic rings. The quantitative estimate of drug-likeness (QED) is 0.0213. The minimum atomic E-state index is -1.49. The number of hydrogen-bond donors (Lipinski definition) is 9. The molecule has 0 saturated heterocycles. The highest BCUT2D eigenvalue weighted by molar-refractivity contribution is 5.91. The number of rotatable bonds is 29. The summed E-state index contributed by atoms with van der Waals surface area (Å²) < 4.78 is 0. The summed E-state index contributed by atoms with van der Waals surface area (Å²) in [4.78, 5) is 113. The molecular weight excluding hydrogens is 1110 g/mol. The molecule has 0 amide bonds. The average Bonchev–Trinajstić information content (AvgIpc) is 1.58. The molecule has 442 valence electrons. The molecule has 22 heteroatoms. The first-order chi connectivity index (χ1) is 41.0. The van der Waals surface area contributed by atoms with E-state index >= 15 is 0 Å². The molecule has 0 aliphatic heterocycles. The van der Waals surface area contributed by atoms with Gasteiger partial charge in [0, 0.05) is 49.2 Å². The molecule has 10 N–H and O–H groups in total. The van der Waals surface area contributed by atoms with E-state index in [2.05, 4.69) is 0 Å². The maximum Gasteiger partial charge on any atom is 0.317 e. The summed E-state index contributed by atoms with van der Waals surface area (Å²) in [6.45, 7) is -2.81. The molecule has 2 aliphatic carbocycles. The Hall–Kier alpha value is -10.2. The van der Waals surface area contributed by atoms with Crippen LogP contribution in [0.15, 0.2) is 133 Å². The van der Waals surface area contributed by atoms with E-state index in [0.29, 0.717) is 96.8 Å². The third kappa shape index (κ3) is 13.7. The Morgan fingerprint density at radius 3 is 1.02 bits per heavy atom. The molecule has 22 nitrogen and oxygen atoms in total. The number of nitrogens with zero attached hydrogens (tertiary/aromatic N) is 5. The van der Waals surface area contributed by atoms with Gasteiger partial charge in [-0.05, 0) is 127 Å². The topological polar surface area (TPSA) is 360 Å². The van der Waals surface area contributed by atoms with Crippen LogP contribution in [0.2, 0.25) is 0 Å². The van der Waals surface area contributed by atoms with E-state index in [-0.39, 0.29) is 37.6 Å². The summed E-state index contributed by atoms with van der Waals surface area (Å²) >= 11 is 0. The van der Waals surface area contributed by atoms with Gasteiger partial charge in [-0.3, -0.25) is 63.0 Å². The van der Waals surface area contributed by atoms with Gasteiger partial charge in [-0.15, -0.1) is 0 Å². The highest BCUT2D eigenvalue weighted by atomic mass is 16.4. The van der Waals surface area contributed by atoms with E-state index in [9.17, 15) is 79.2 Å². The fourth-order valence-electron chi connectivity index (χ4n) is 12.3. The van der Waals surface area contributed by atoms with Gasteiger partial charge < -0.3 is 46.6 Å². The molecule has 9 rings (SSSR count). The number of aromatic nitrogens is 2. The molecule has 0 bridgehead atoms. The van der Waals surface area contributed by atoms with Gasteiger partial charge in [0.1, 0.15) is 0 Å². The van der Waals surface area contributed by atoms with Gasteiger partial charge >= 0.3 is 47.8 Å². The first-order valence-corrected chi connectivity index (χ1v) is 27.2. The maximum atomic E-state index is 12.7. The molecule has 2 aromatic heterocycles. The summed E-state index contributed by atoms with van der Waals surface area (Å²) in [5.74, 6) is -10.1.